The lowest BCUT2D eigenvalue weighted by atomic mass is 9.90. The summed E-state index contributed by atoms with van der Waals surface area (Å²) < 4.78 is 0. The number of carbonyl (C=O) groups excluding carboxylic acids is 2. The predicted molar refractivity (Wildman–Crippen MR) is 74.1 cm³/mol. The topological polar surface area (TPSA) is 58.2 Å². The lowest BCUT2D eigenvalue weighted by Gasteiger charge is -2.16. The molecule has 2 amide bonds. The molecule has 0 bridgehead atoms. The highest BCUT2D eigenvalue weighted by atomic mass is 16.2. The van der Waals surface area contributed by atoms with Gasteiger partial charge in [0.1, 0.15) is 0 Å². The van der Waals surface area contributed by atoms with Crippen molar-refractivity contribution < 1.29 is 9.59 Å². The zero-order valence-electron chi connectivity index (χ0n) is 11.3. The smallest absolute Gasteiger partial charge is 0.251 e. The highest BCUT2D eigenvalue weighted by Gasteiger charge is 2.12. The van der Waals surface area contributed by atoms with Gasteiger partial charge in [0.25, 0.3) is 5.91 Å². The van der Waals surface area contributed by atoms with Crippen LogP contribution in [0, 0.1) is 0 Å². The molecule has 0 unspecified atom stereocenters. The minimum absolute atomic E-state index is 0.0706. The Bertz CT molecular complexity index is 483. The largest absolute Gasteiger partial charge is 0.355 e. The lowest BCUT2D eigenvalue weighted by Crippen LogP contribution is -2.33. The van der Waals surface area contributed by atoms with E-state index in [0.29, 0.717) is 18.7 Å². The first-order valence-electron chi connectivity index (χ1n) is 6.81. The van der Waals surface area contributed by atoms with Crippen LogP contribution >= 0.6 is 0 Å². The van der Waals surface area contributed by atoms with Crippen LogP contribution in [0.4, 0.5) is 0 Å². The van der Waals surface area contributed by atoms with Crippen LogP contribution in [0.2, 0.25) is 0 Å². The third-order valence-electron chi connectivity index (χ3n) is 3.40. The van der Waals surface area contributed by atoms with Crippen molar-refractivity contribution in [2.45, 2.75) is 32.6 Å². The van der Waals surface area contributed by atoms with Gasteiger partial charge in [-0.2, -0.15) is 0 Å². The van der Waals surface area contributed by atoms with Crippen molar-refractivity contribution in [1.82, 2.24) is 10.6 Å². The van der Waals surface area contributed by atoms with Crippen LogP contribution in [-0.4, -0.2) is 24.9 Å². The molecule has 0 fully saturated rings. The Morgan fingerprint density at radius 3 is 2.47 bits per heavy atom. The van der Waals surface area contributed by atoms with E-state index < -0.39 is 0 Å². The van der Waals surface area contributed by atoms with Gasteiger partial charge >= 0.3 is 0 Å². The van der Waals surface area contributed by atoms with Crippen LogP contribution in [0.3, 0.4) is 0 Å². The zero-order chi connectivity index (χ0) is 13.7. The first kappa shape index (κ1) is 13.6. The van der Waals surface area contributed by atoms with E-state index in [4.69, 9.17) is 0 Å². The Kier molecular flexibility index (Phi) is 4.55. The molecule has 0 saturated carbocycles. The fraction of sp³-hybridized carbons (Fsp3) is 0.467. The summed E-state index contributed by atoms with van der Waals surface area (Å²) in [4.78, 5) is 22.6. The molecule has 0 spiro atoms. The summed E-state index contributed by atoms with van der Waals surface area (Å²) >= 11 is 0. The van der Waals surface area contributed by atoms with Crippen LogP contribution in [0.15, 0.2) is 18.2 Å². The Hall–Kier alpha value is -1.84. The summed E-state index contributed by atoms with van der Waals surface area (Å²) in [5.74, 6) is -0.151. The van der Waals surface area contributed by atoms with Crippen molar-refractivity contribution in [3.05, 3.63) is 34.9 Å². The van der Waals surface area contributed by atoms with E-state index in [0.717, 1.165) is 12.8 Å². The maximum Gasteiger partial charge on any atom is 0.251 e. The molecule has 1 aromatic carbocycles. The first-order valence-corrected chi connectivity index (χ1v) is 6.81. The van der Waals surface area contributed by atoms with Gasteiger partial charge in [-0.3, -0.25) is 9.59 Å². The maximum absolute atomic E-state index is 12.0. The quantitative estimate of drug-likeness (QED) is 0.805. The number of rotatable bonds is 4. The predicted octanol–water partition coefficient (Wildman–Crippen LogP) is 1.43. The third-order valence-corrected chi connectivity index (χ3v) is 3.40. The molecule has 4 nitrogen and oxygen atoms in total. The number of amides is 2. The number of fused-ring (bicyclic) bond motifs is 1. The summed E-state index contributed by atoms with van der Waals surface area (Å²) in [7, 11) is 0. The van der Waals surface area contributed by atoms with Crippen molar-refractivity contribution in [1.29, 1.82) is 0 Å². The Labute approximate surface area is 113 Å². The van der Waals surface area contributed by atoms with E-state index in [2.05, 4.69) is 16.7 Å². The molecule has 2 N–H and O–H groups in total. The van der Waals surface area contributed by atoms with E-state index in [1.807, 2.05) is 12.1 Å². The van der Waals surface area contributed by atoms with Crippen molar-refractivity contribution in [2.24, 2.45) is 0 Å². The van der Waals surface area contributed by atoms with Crippen molar-refractivity contribution in [3.8, 4) is 0 Å². The molecule has 0 aliphatic heterocycles. The third kappa shape index (κ3) is 3.81. The number of benzene rings is 1. The molecule has 1 aliphatic rings. The van der Waals surface area contributed by atoms with Crippen LogP contribution in [0.25, 0.3) is 0 Å². The van der Waals surface area contributed by atoms with Gasteiger partial charge in [-0.1, -0.05) is 6.07 Å². The monoisotopic (exact) mass is 260 g/mol. The Morgan fingerprint density at radius 1 is 1.05 bits per heavy atom. The van der Waals surface area contributed by atoms with Crippen LogP contribution in [0.1, 0.15) is 41.3 Å². The number of nitrogens with one attached hydrogen (secondary N) is 2. The normalized spacial score (nSPS) is 13.5. The van der Waals surface area contributed by atoms with Gasteiger partial charge < -0.3 is 10.6 Å². The summed E-state index contributed by atoms with van der Waals surface area (Å²) in [5.41, 5.74) is 3.39. The molecular weight excluding hydrogens is 240 g/mol. The van der Waals surface area contributed by atoms with E-state index in [-0.39, 0.29) is 11.8 Å². The van der Waals surface area contributed by atoms with Crippen LogP contribution in [-0.2, 0) is 17.6 Å². The van der Waals surface area contributed by atoms with Crippen molar-refractivity contribution >= 4 is 11.8 Å². The summed E-state index contributed by atoms with van der Waals surface area (Å²) in [6, 6.07) is 5.96. The van der Waals surface area contributed by atoms with E-state index in [9.17, 15) is 9.59 Å². The molecule has 0 saturated heterocycles. The van der Waals surface area contributed by atoms with E-state index in [1.165, 1.54) is 30.9 Å². The highest BCUT2D eigenvalue weighted by molar-refractivity contribution is 5.94. The fourth-order valence-corrected chi connectivity index (χ4v) is 2.39. The van der Waals surface area contributed by atoms with Gasteiger partial charge in [0.05, 0.1) is 0 Å². The van der Waals surface area contributed by atoms with Crippen molar-refractivity contribution in [2.75, 3.05) is 13.1 Å². The lowest BCUT2D eigenvalue weighted by molar-refractivity contribution is -0.118. The van der Waals surface area contributed by atoms with E-state index in [1.54, 1.807) is 0 Å². The number of aryl methyl sites for hydroxylation is 2. The van der Waals surface area contributed by atoms with Gasteiger partial charge in [0.15, 0.2) is 0 Å². The second-order valence-electron chi connectivity index (χ2n) is 4.93. The molecule has 4 heteroatoms. The zero-order valence-corrected chi connectivity index (χ0v) is 11.3. The first-order chi connectivity index (χ1) is 9.16. The number of hydrogen-bond acceptors (Lipinski definition) is 2. The fourth-order valence-electron chi connectivity index (χ4n) is 2.39. The average molecular weight is 260 g/mol. The molecule has 0 heterocycles. The van der Waals surface area contributed by atoms with Gasteiger partial charge in [-0.25, -0.2) is 0 Å². The van der Waals surface area contributed by atoms with Crippen LogP contribution < -0.4 is 10.6 Å². The minimum atomic E-state index is -0.0805. The maximum atomic E-state index is 12.0. The highest BCUT2D eigenvalue weighted by Crippen LogP contribution is 2.22. The molecule has 1 aliphatic carbocycles. The standard InChI is InChI=1S/C15H20N2O2/c1-11(18)16-8-9-17-15(19)14-7-6-12-4-2-3-5-13(12)10-14/h6-7,10H,2-5,8-9H2,1H3,(H,16,18)(H,17,19). The van der Waals surface area contributed by atoms with Crippen LogP contribution in [0.5, 0.6) is 0 Å². The van der Waals surface area contributed by atoms with Gasteiger partial charge in [0.2, 0.25) is 5.91 Å². The second kappa shape index (κ2) is 6.36. The molecule has 2 rings (SSSR count). The average Bonchev–Trinajstić information content (AvgIpc) is 2.42. The molecule has 0 radical (unpaired) electrons. The Morgan fingerprint density at radius 2 is 1.74 bits per heavy atom. The molecule has 102 valence electrons. The molecular formula is C15H20N2O2. The van der Waals surface area contributed by atoms with Crippen molar-refractivity contribution in [3.63, 3.8) is 0 Å². The van der Waals surface area contributed by atoms with Gasteiger partial charge in [0, 0.05) is 25.6 Å². The molecule has 0 aromatic heterocycles. The minimum Gasteiger partial charge on any atom is -0.355 e. The molecule has 0 atom stereocenters. The summed E-state index contributed by atoms with van der Waals surface area (Å²) in [6.45, 7) is 2.38. The molecule has 19 heavy (non-hydrogen) atoms. The molecule has 1 aromatic rings. The number of carbonyl (C=O) groups is 2. The SMILES string of the molecule is CC(=O)NCCNC(=O)c1ccc2c(c1)CCCC2. The van der Waals surface area contributed by atoms with E-state index >= 15 is 0 Å². The Balaban J connectivity index is 1.90. The summed E-state index contributed by atoms with van der Waals surface area (Å²) in [5, 5.41) is 5.46. The second-order valence-corrected chi connectivity index (χ2v) is 4.93. The van der Waals surface area contributed by atoms with Gasteiger partial charge in [-0.15, -0.1) is 0 Å². The summed E-state index contributed by atoms with van der Waals surface area (Å²) in [6.07, 6.45) is 4.65. The number of hydrogen-bond donors (Lipinski definition) is 2. The van der Waals surface area contributed by atoms with Gasteiger partial charge in [-0.05, 0) is 48.9 Å².